The molecule has 0 saturated carbocycles. The maximum absolute atomic E-state index is 11.2. The molecule has 0 aliphatic carbocycles. The summed E-state index contributed by atoms with van der Waals surface area (Å²) in [5, 5.41) is 0. The molecule has 116 valence electrons. The number of esters is 2. The fourth-order valence-corrected chi connectivity index (χ4v) is 1.40. The minimum atomic E-state index is -0.713. The third-order valence-corrected chi connectivity index (χ3v) is 2.61. The van der Waals surface area contributed by atoms with Gasteiger partial charge in [-0.3, -0.25) is 9.36 Å². The normalized spacial score (nSPS) is 10.1. The lowest BCUT2D eigenvalue weighted by atomic mass is 10.3. The highest BCUT2D eigenvalue weighted by Crippen LogP contribution is 2.01. The highest BCUT2D eigenvalue weighted by Gasteiger charge is 2.14. The van der Waals surface area contributed by atoms with E-state index in [2.05, 4.69) is 13.2 Å². The van der Waals surface area contributed by atoms with E-state index in [1.165, 1.54) is 0 Å². The van der Waals surface area contributed by atoms with Gasteiger partial charge >= 0.3 is 11.9 Å². The third kappa shape index (κ3) is 10.6. The van der Waals surface area contributed by atoms with Crippen molar-refractivity contribution in [3.63, 3.8) is 0 Å². The van der Waals surface area contributed by atoms with Gasteiger partial charge in [0.1, 0.15) is 25.1 Å². The molecule has 0 fully saturated rings. The summed E-state index contributed by atoms with van der Waals surface area (Å²) in [5.74, 6) is -1.50. The molecule has 0 spiro atoms. The third-order valence-electron chi connectivity index (χ3n) is 2.13. The van der Waals surface area contributed by atoms with E-state index in [0.29, 0.717) is 0 Å². The molecule has 0 heterocycles. The second-order valence-electron chi connectivity index (χ2n) is 3.74. The van der Waals surface area contributed by atoms with Crippen LogP contribution in [0.3, 0.4) is 0 Å². The Labute approximate surface area is 124 Å². The Morgan fingerprint density at radius 1 is 1.05 bits per heavy atom. The highest BCUT2D eigenvalue weighted by atomic mass is 31.1. The predicted molar refractivity (Wildman–Crippen MR) is 74.1 cm³/mol. The first-order valence-electron chi connectivity index (χ1n) is 6.04. The first kappa shape index (κ1) is 19.1. The van der Waals surface area contributed by atoms with Gasteiger partial charge in [0.15, 0.2) is 8.46 Å². The van der Waals surface area contributed by atoms with Crippen molar-refractivity contribution >= 4 is 26.2 Å². The van der Waals surface area contributed by atoms with Gasteiger partial charge < -0.3 is 14.2 Å². The minimum Gasteiger partial charge on any atom is -0.460 e. The van der Waals surface area contributed by atoms with Gasteiger partial charge in [0.05, 0.1) is 12.8 Å². The first-order chi connectivity index (χ1) is 10.0. The zero-order valence-corrected chi connectivity index (χ0v) is 12.4. The van der Waals surface area contributed by atoms with Crippen molar-refractivity contribution in [2.45, 2.75) is 12.5 Å². The average Bonchev–Trinajstić information content (AvgIpc) is 2.48. The standard InChI is InChI=1S/C13H17O7P/c1-3-12(15)19-7-11(8-20-13(16)4-2)18-6-5-10(14)9-21-17/h3-4,11H,1-2,5-9H2. The molecule has 0 radical (unpaired) electrons. The fraction of sp³-hybridized carbons (Fsp3) is 0.462. The smallest absolute Gasteiger partial charge is 0.330 e. The van der Waals surface area contributed by atoms with Crippen LogP contribution in [0.15, 0.2) is 25.3 Å². The minimum absolute atomic E-state index is 0.0380. The van der Waals surface area contributed by atoms with Gasteiger partial charge in [-0.15, -0.1) is 0 Å². The summed E-state index contributed by atoms with van der Waals surface area (Å²) < 4.78 is 25.1. The average molecular weight is 316 g/mol. The zero-order chi connectivity index (χ0) is 16.1. The molecule has 0 N–H and O–H groups in total. The fourth-order valence-electron chi connectivity index (χ4n) is 1.10. The summed E-state index contributed by atoms with van der Waals surface area (Å²) in [6, 6.07) is 0. The van der Waals surface area contributed by atoms with Gasteiger partial charge in [0.2, 0.25) is 0 Å². The van der Waals surface area contributed by atoms with Gasteiger partial charge in [-0.05, 0) is 0 Å². The second kappa shape index (κ2) is 11.9. The monoisotopic (exact) mass is 316 g/mol. The summed E-state index contributed by atoms with van der Waals surface area (Å²) in [6.45, 7) is 6.22. The molecule has 0 saturated heterocycles. The molecule has 0 aromatic rings. The van der Waals surface area contributed by atoms with E-state index in [4.69, 9.17) is 14.2 Å². The van der Waals surface area contributed by atoms with Crippen LogP contribution in [0, 0.1) is 0 Å². The maximum atomic E-state index is 11.2. The van der Waals surface area contributed by atoms with E-state index in [0.717, 1.165) is 12.2 Å². The van der Waals surface area contributed by atoms with Crippen LogP contribution in [0.5, 0.6) is 0 Å². The number of carbonyl (C=O) groups is 3. The van der Waals surface area contributed by atoms with Crippen molar-refractivity contribution in [1.29, 1.82) is 0 Å². The van der Waals surface area contributed by atoms with Crippen LogP contribution < -0.4 is 0 Å². The number of hydrogen-bond acceptors (Lipinski definition) is 7. The first-order valence-corrected chi connectivity index (χ1v) is 7.04. The van der Waals surface area contributed by atoms with Gasteiger partial charge in [0.25, 0.3) is 0 Å². The van der Waals surface area contributed by atoms with E-state index in [1.807, 2.05) is 0 Å². The molecule has 0 unspecified atom stereocenters. The largest absolute Gasteiger partial charge is 0.460 e. The van der Waals surface area contributed by atoms with E-state index in [-0.39, 0.29) is 46.6 Å². The maximum Gasteiger partial charge on any atom is 0.330 e. The Hall–Kier alpha value is -1.85. The quantitative estimate of drug-likeness (QED) is 0.302. The van der Waals surface area contributed by atoms with Crippen LogP contribution >= 0.6 is 8.46 Å². The Morgan fingerprint density at radius 3 is 2.00 bits per heavy atom. The van der Waals surface area contributed by atoms with Crippen molar-refractivity contribution in [2.24, 2.45) is 0 Å². The number of ketones is 1. The van der Waals surface area contributed by atoms with Crippen molar-refractivity contribution in [2.75, 3.05) is 26.0 Å². The SMILES string of the molecule is C=CC(=O)OCC(COC(=O)C=C)OCCC(=O)CP=O. The topological polar surface area (TPSA) is 96.0 Å². The summed E-state index contributed by atoms with van der Waals surface area (Å²) >= 11 is 0. The number of ether oxygens (including phenoxy) is 3. The molecule has 8 heteroatoms. The second-order valence-corrected chi connectivity index (χ2v) is 4.31. The molecule has 0 bridgehead atoms. The number of Topliss-reactive ketones (excluding diaryl/α,β-unsaturated/α-hetero) is 1. The van der Waals surface area contributed by atoms with Gasteiger partial charge in [-0.2, -0.15) is 0 Å². The summed E-state index contributed by atoms with van der Waals surface area (Å²) in [5.41, 5.74) is 0. The molecular weight excluding hydrogens is 299 g/mol. The van der Waals surface area contributed by atoms with Crippen LogP contribution in [0.4, 0.5) is 0 Å². The summed E-state index contributed by atoms with van der Waals surface area (Å²) in [7, 11) is -0.246. The van der Waals surface area contributed by atoms with Gasteiger partial charge in [-0.1, -0.05) is 13.2 Å². The molecule has 0 rings (SSSR count). The van der Waals surface area contributed by atoms with E-state index in [9.17, 15) is 18.9 Å². The van der Waals surface area contributed by atoms with Crippen molar-refractivity contribution < 1.29 is 33.2 Å². The molecule has 0 aliphatic rings. The summed E-state index contributed by atoms with van der Waals surface area (Å²) in [4.78, 5) is 33.1. The van der Waals surface area contributed by atoms with Crippen LogP contribution in [-0.2, 0) is 33.2 Å². The Kier molecular flexibility index (Phi) is 10.9. The number of hydrogen-bond donors (Lipinski definition) is 0. The van der Waals surface area contributed by atoms with Crippen LogP contribution in [0.2, 0.25) is 0 Å². The van der Waals surface area contributed by atoms with Gasteiger partial charge in [-0.25, -0.2) is 9.59 Å². The lowest BCUT2D eigenvalue weighted by molar-refractivity contribution is -0.149. The van der Waals surface area contributed by atoms with Crippen LogP contribution in [-0.4, -0.2) is 49.8 Å². The molecule has 0 aliphatic heterocycles. The molecule has 21 heavy (non-hydrogen) atoms. The predicted octanol–water partition coefficient (Wildman–Crippen LogP) is 1.08. The molecular formula is C13H17O7P. The molecule has 0 aromatic heterocycles. The molecule has 0 amide bonds. The van der Waals surface area contributed by atoms with E-state index < -0.39 is 18.0 Å². The molecule has 0 aromatic carbocycles. The highest BCUT2D eigenvalue weighted by molar-refractivity contribution is 7.25. The zero-order valence-electron chi connectivity index (χ0n) is 11.5. The van der Waals surface area contributed by atoms with E-state index in [1.54, 1.807) is 0 Å². The van der Waals surface area contributed by atoms with Crippen LogP contribution in [0.1, 0.15) is 6.42 Å². The molecule has 0 atom stereocenters. The van der Waals surface area contributed by atoms with E-state index >= 15 is 0 Å². The number of rotatable bonds is 12. The van der Waals surface area contributed by atoms with Gasteiger partial charge in [0, 0.05) is 18.6 Å². The Balaban J connectivity index is 4.22. The van der Waals surface area contributed by atoms with Crippen molar-refractivity contribution in [3.05, 3.63) is 25.3 Å². The van der Waals surface area contributed by atoms with Crippen molar-refractivity contribution in [1.82, 2.24) is 0 Å². The Bertz CT molecular complexity index is 381. The van der Waals surface area contributed by atoms with Crippen LogP contribution in [0.25, 0.3) is 0 Å². The number of carbonyl (C=O) groups excluding carboxylic acids is 3. The molecule has 7 nitrogen and oxygen atoms in total. The lowest BCUT2D eigenvalue weighted by Crippen LogP contribution is -2.29. The Morgan fingerprint density at radius 2 is 1.57 bits per heavy atom. The lowest BCUT2D eigenvalue weighted by Gasteiger charge is -2.17. The summed E-state index contributed by atoms with van der Waals surface area (Å²) in [6.07, 6.45) is 1.25. The van der Waals surface area contributed by atoms with Crippen molar-refractivity contribution in [3.8, 4) is 0 Å².